The van der Waals surface area contributed by atoms with Crippen molar-refractivity contribution in [3.63, 3.8) is 0 Å². The third-order valence-electron chi connectivity index (χ3n) is 3.28. The Balaban J connectivity index is 1.83. The summed E-state index contributed by atoms with van der Waals surface area (Å²) in [6.07, 6.45) is -3.11. The summed E-state index contributed by atoms with van der Waals surface area (Å²) in [4.78, 5) is 1.35. The number of hydrogen-bond acceptors (Lipinski definition) is 2. The topological polar surface area (TPSA) is 15.3 Å². The zero-order valence-electron chi connectivity index (χ0n) is 10.7. The van der Waals surface area contributed by atoms with Gasteiger partial charge in [-0.3, -0.25) is 4.90 Å². The molecule has 0 aliphatic carbocycles. The van der Waals surface area contributed by atoms with Crippen LogP contribution in [0.4, 0.5) is 27.6 Å². The maximum Gasteiger partial charge on any atom is 0.401 e. The molecule has 7 heteroatoms. The minimum atomic E-state index is -4.18. The van der Waals surface area contributed by atoms with Crippen molar-refractivity contribution in [1.82, 2.24) is 4.90 Å². The predicted molar refractivity (Wildman–Crippen MR) is 65.5 cm³/mol. The molecule has 1 N–H and O–H groups in total. The SMILES string of the molecule is Fc1ccc(NC2CCN(CC(F)(F)F)CC2)cc1F. The van der Waals surface area contributed by atoms with Gasteiger partial charge in [-0.1, -0.05) is 0 Å². The lowest BCUT2D eigenvalue weighted by Gasteiger charge is -2.33. The van der Waals surface area contributed by atoms with Crippen LogP contribution in [0, 0.1) is 11.6 Å². The van der Waals surface area contributed by atoms with Gasteiger partial charge in [0.2, 0.25) is 0 Å². The highest BCUT2D eigenvalue weighted by Crippen LogP contribution is 2.22. The normalized spacial score (nSPS) is 18.2. The molecule has 1 heterocycles. The average molecular weight is 294 g/mol. The Hall–Kier alpha value is -1.37. The molecule has 1 aliphatic heterocycles. The van der Waals surface area contributed by atoms with E-state index in [4.69, 9.17) is 0 Å². The van der Waals surface area contributed by atoms with Gasteiger partial charge in [0.25, 0.3) is 0 Å². The summed E-state index contributed by atoms with van der Waals surface area (Å²) in [7, 11) is 0. The first-order chi connectivity index (χ1) is 9.33. The minimum Gasteiger partial charge on any atom is -0.382 e. The molecule has 1 aromatic rings. The number of rotatable bonds is 3. The van der Waals surface area contributed by atoms with E-state index >= 15 is 0 Å². The number of nitrogens with one attached hydrogen (secondary N) is 1. The highest BCUT2D eigenvalue weighted by atomic mass is 19.4. The number of likely N-dealkylation sites (tertiary alicyclic amines) is 1. The van der Waals surface area contributed by atoms with E-state index in [-0.39, 0.29) is 6.04 Å². The lowest BCUT2D eigenvalue weighted by atomic mass is 10.0. The van der Waals surface area contributed by atoms with E-state index in [1.165, 1.54) is 11.0 Å². The van der Waals surface area contributed by atoms with Crippen LogP contribution in [0.25, 0.3) is 0 Å². The maximum absolute atomic E-state index is 13.0. The summed E-state index contributed by atoms with van der Waals surface area (Å²) in [6.45, 7) is -0.230. The van der Waals surface area contributed by atoms with Crippen LogP contribution in [-0.2, 0) is 0 Å². The van der Waals surface area contributed by atoms with Gasteiger partial charge in [-0.25, -0.2) is 8.78 Å². The molecule has 0 bridgehead atoms. The summed E-state index contributed by atoms with van der Waals surface area (Å²) in [5.41, 5.74) is 0.443. The molecule has 1 fully saturated rings. The maximum atomic E-state index is 13.0. The van der Waals surface area contributed by atoms with Gasteiger partial charge in [0.1, 0.15) is 0 Å². The second-order valence-corrected chi connectivity index (χ2v) is 4.94. The molecule has 2 nitrogen and oxygen atoms in total. The van der Waals surface area contributed by atoms with Crippen LogP contribution < -0.4 is 5.32 Å². The van der Waals surface area contributed by atoms with Crippen molar-refractivity contribution in [3.8, 4) is 0 Å². The second-order valence-electron chi connectivity index (χ2n) is 4.94. The van der Waals surface area contributed by atoms with Gasteiger partial charge in [-0.15, -0.1) is 0 Å². The number of alkyl halides is 3. The molecule has 112 valence electrons. The standard InChI is InChI=1S/C13H15F5N2/c14-11-2-1-10(7-12(11)15)19-9-3-5-20(6-4-9)8-13(16,17)18/h1-2,7,9,19H,3-6,8H2. The van der Waals surface area contributed by atoms with Crippen LogP contribution >= 0.6 is 0 Å². The van der Waals surface area contributed by atoms with E-state index in [1.807, 2.05) is 0 Å². The molecule has 0 aromatic heterocycles. The molecule has 0 radical (unpaired) electrons. The minimum absolute atomic E-state index is 0.0238. The van der Waals surface area contributed by atoms with E-state index in [9.17, 15) is 22.0 Å². The number of benzene rings is 1. The van der Waals surface area contributed by atoms with E-state index < -0.39 is 24.4 Å². The molecular formula is C13H15F5N2. The predicted octanol–water partition coefficient (Wildman–Crippen LogP) is 3.40. The molecule has 2 rings (SSSR count). The summed E-state index contributed by atoms with van der Waals surface area (Å²) < 4.78 is 62.5. The van der Waals surface area contributed by atoms with Gasteiger partial charge in [0, 0.05) is 30.9 Å². The number of hydrogen-bond donors (Lipinski definition) is 1. The summed E-state index contributed by atoms with van der Waals surface area (Å²) in [6, 6.07) is 3.47. The van der Waals surface area contributed by atoms with E-state index in [0.717, 1.165) is 12.1 Å². The first-order valence-corrected chi connectivity index (χ1v) is 6.34. The lowest BCUT2D eigenvalue weighted by molar-refractivity contribution is -0.147. The highest BCUT2D eigenvalue weighted by molar-refractivity contribution is 5.44. The average Bonchev–Trinajstić information content (AvgIpc) is 2.35. The zero-order valence-corrected chi connectivity index (χ0v) is 10.7. The molecule has 1 aliphatic rings. The molecule has 0 amide bonds. The van der Waals surface area contributed by atoms with E-state index in [0.29, 0.717) is 31.6 Å². The fourth-order valence-electron chi connectivity index (χ4n) is 2.31. The van der Waals surface area contributed by atoms with Crippen molar-refractivity contribution < 1.29 is 22.0 Å². The van der Waals surface area contributed by atoms with Gasteiger partial charge < -0.3 is 5.32 Å². The van der Waals surface area contributed by atoms with Gasteiger partial charge in [-0.05, 0) is 25.0 Å². The van der Waals surface area contributed by atoms with E-state index in [1.54, 1.807) is 0 Å². The smallest absolute Gasteiger partial charge is 0.382 e. The second kappa shape index (κ2) is 5.95. The van der Waals surface area contributed by atoms with Gasteiger partial charge >= 0.3 is 6.18 Å². The third kappa shape index (κ3) is 4.33. The molecular weight excluding hydrogens is 279 g/mol. The Bertz CT molecular complexity index is 453. The third-order valence-corrected chi connectivity index (χ3v) is 3.28. The molecule has 20 heavy (non-hydrogen) atoms. The van der Waals surface area contributed by atoms with Crippen molar-refractivity contribution in [3.05, 3.63) is 29.8 Å². The molecule has 0 spiro atoms. The first-order valence-electron chi connectivity index (χ1n) is 6.34. The Morgan fingerprint density at radius 1 is 1.10 bits per heavy atom. The van der Waals surface area contributed by atoms with Crippen LogP contribution in [-0.4, -0.2) is 36.8 Å². The van der Waals surface area contributed by atoms with Gasteiger partial charge in [0.05, 0.1) is 6.54 Å². The quantitative estimate of drug-likeness (QED) is 0.860. The fourth-order valence-corrected chi connectivity index (χ4v) is 2.31. The van der Waals surface area contributed by atoms with Crippen molar-refractivity contribution >= 4 is 5.69 Å². The number of piperidine rings is 1. The van der Waals surface area contributed by atoms with Crippen molar-refractivity contribution in [2.45, 2.75) is 25.1 Å². The lowest BCUT2D eigenvalue weighted by Crippen LogP contribution is -2.43. The Labute approximate surface area is 113 Å². The highest BCUT2D eigenvalue weighted by Gasteiger charge is 2.32. The van der Waals surface area contributed by atoms with Crippen LogP contribution in [0.15, 0.2) is 18.2 Å². The number of halogens is 5. The van der Waals surface area contributed by atoms with E-state index in [2.05, 4.69) is 5.32 Å². The van der Waals surface area contributed by atoms with Gasteiger partial charge in [-0.2, -0.15) is 13.2 Å². The largest absolute Gasteiger partial charge is 0.401 e. The van der Waals surface area contributed by atoms with Gasteiger partial charge in [0.15, 0.2) is 11.6 Å². The van der Waals surface area contributed by atoms with Crippen molar-refractivity contribution in [1.29, 1.82) is 0 Å². The molecule has 0 saturated carbocycles. The summed E-state index contributed by atoms with van der Waals surface area (Å²) in [5, 5.41) is 3.02. The van der Waals surface area contributed by atoms with Crippen LogP contribution in [0.1, 0.15) is 12.8 Å². The zero-order chi connectivity index (χ0) is 14.8. The molecule has 0 unspecified atom stereocenters. The monoisotopic (exact) mass is 294 g/mol. The summed E-state index contributed by atoms with van der Waals surface area (Å²) >= 11 is 0. The molecule has 0 atom stereocenters. The molecule has 1 saturated heterocycles. The summed E-state index contributed by atoms with van der Waals surface area (Å²) in [5.74, 6) is -1.86. The van der Waals surface area contributed by atoms with Crippen LogP contribution in [0.5, 0.6) is 0 Å². The van der Waals surface area contributed by atoms with Crippen molar-refractivity contribution in [2.75, 3.05) is 25.0 Å². The fraction of sp³-hybridized carbons (Fsp3) is 0.538. The van der Waals surface area contributed by atoms with Crippen LogP contribution in [0.3, 0.4) is 0 Å². The Kier molecular flexibility index (Phi) is 4.47. The first kappa shape index (κ1) is 15.0. The Morgan fingerprint density at radius 3 is 2.30 bits per heavy atom. The van der Waals surface area contributed by atoms with Crippen LogP contribution in [0.2, 0.25) is 0 Å². The number of nitrogens with zero attached hydrogens (tertiary/aromatic N) is 1. The Morgan fingerprint density at radius 2 is 1.75 bits per heavy atom. The molecule has 1 aromatic carbocycles. The van der Waals surface area contributed by atoms with Crippen molar-refractivity contribution in [2.24, 2.45) is 0 Å². The number of anilines is 1.